The third-order valence-corrected chi connectivity index (χ3v) is 6.66. The fourth-order valence-corrected chi connectivity index (χ4v) is 4.80. The number of amides is 1. The van der Waals surface area contributed by atoms with E-state index in [0.717, 1.165) is 19.5 Å². The highest BCUT2D eigenvalue weighted by molar-refractivity contribution is 7.07. The van der Waals surface area contributed by atoms with Crippen LogP contribution in [0.1, 0.15) is 62.7 Å². The monoisotopic (exact) mass is 424 g/mol. The van der Waals surface area contributed by atoms with Crippen molar-refractivity contribution >= 4 is 29.7 Å². The Morgan fingerprint density at radius 2 is 2.21 bits per heavy atom. The van der Waals surface area contributed by atoms with E-state index in [-0.39, 0.29) is 24.2 Å². The van der Waals surface area contributed by atoms with E-state index >= 15 is 0 Å². The van der Waals surface area contributed by atoms with Gasteiger partial charge in [0.2, 0.25) is 11.8 Å². The lowest BCUT2D eigenvalue weighted by atomic mass is 9.93. The van der Waals surface area contributed by atoms with Gasteiger partial charge in [-0.3, -0.25) is 4.79 Å². The minimum absolute atomic E-state index is 0. The molecule has 1 N–H and O–H groups in total. The van der Waals surface area contributed by atoms with Crippen molar-refractivity contribution in [1.82, 2.24) is 20.4 Å². The summed E-state index contributed by atoms with van der Waals surface area (Å²) in [5, 5.41) is 11.7. The van der Waals surface area contributed by atoms with Crippen LogP contribution in [0.25, 0.3) is 0 Å². The lowest BCUT2D eigenvalue weighted by Gasteiger charge is -2.29. The van der Waals surface area contributed by atoms with Crippen molar-refractivity contribution in [2.45, 2.75) is 64.5 Å². The predicted molar refractivity (Wildman–Crippen MR) is 112 cm³/mol. The molecule has 1 aliphatic carbocycles. The molecule has 2 aliphatic rings. The van der Waals surface area contributed by atoms with Gasteiger partial charge in [0, 0.05) is 31.3 Å². The van der Waals surface area contributed by atoms with Crippen LogP contribution in [-0.4, -0.2) is 40.1 Å². The van der Waals surface area contributed by atoms with Crippen molar-refractivity contribution in [1.29, 1.82) is 0 Å². The van der Waals surface area contributed by atoms with E-state index in [4.69, 9.17) is 4.52 Å². The van der Waals surface area contributed by atoms with E-state index in [1.807, 2.05) is 13.8 Å². The molecular formula is C20H29ClN4O2S. The van der Waals surface area contributed by atoms with Gasteiger partial charge in [0.1, 0.15) is 0 Å². The van der Waals surface area contributed by atoms with Gasteiger partial charge in [-0.1, -0.05) is 19.0 Å². The van der Waals surface area contributed by atoms with Crippen molar-refractivity contribution in [3.63, 3.8) is 0 Å². The number of nitrogens with zero attached hydrogens (tertiary/aromatic N) is 3. The molecule has 4 rings (SSSR count). The van der Waals surface area contributed by atoms with Crippen molar-refractivity contribution < 1.29 is 9.32 Å². The van der Waals surface area contributed by atoms with Crippen LogP contribution < -0.4 is 5.32 Å². The number of hydrogen-bond acceptors (Lipinski definition) is 6. The predicted octanol–water partition coefficient (Wildman–Crippen LogP) is 3.78. The molecule has 28 heavy (non-hydrogen) atoms. The minimum Gasteiger partial charge on any atom is -0.339 e. The van der Waals surface area contributed by atoms with Gasteiger partial charge in [0.05, 0.1) is 0 Å². The van der Waals surface area contributed by atoms with E-state index in [2.05, 4.69) is 37.2 Å². The minimum atomic E-state index is 0. The van der Waals surface area contributed by atoms with Crippen LogP contribution in [0, 0.1) is 5.41 Å². The average Bonchev–Trinajstić information content (AvgIpc) is 3.08. The first kappa shape index (κ1) is 21.3. The molecule has 154 valence electrons. The van der Waals surface area contributed by atoms with E-state index in [9.17, 15) is 4.79 Å². The van der Waals surface area contributed by atoms with Gasteiger partial charge in [-0.2, -0.15) is 16.3 Å². The van der Waals surface area contributed by atoms with Gasteiger partial charge >= 0.3 is 0 Å². The van der Waals surface area contributed by atoms with Gasteiger partial charge in [0.25, 0.3) is 0 Å². The number of thiophene rings is 1. The summed E-state index contributed by atoms with van der Waals surface area (Å²) in [7, 11) is 0. The van der Waals surface area contributed by atoms with Crippen LogP contribution >= 0.6 is 23.7 Å². The first-order valence-corrected chi connectivity index (χ1v) is 10.9. The lowest BCUT2D eigenvalue weighted by Crippen LogP contribution is -2.39. The molecule has 1 amide bonds. The molecule has 2 aromatic rings. The maximum atomic E-state index is 13.1. The molecule has 1 atom stereocenters. The summed E-state index contributed by atoms with van der Waals surface area (Å²) in [6, 6.07) is 2.50. The third kappa shape index (κ3) is 4.58. The zero-order valence-electron chi connectivity index (χ0n) is 16.5. The Morgan fingerprint density at radius 1 is 1.43 bits per heavy atom. The molecule has 2 aromatic heterocycles. The van der Waals surface area contributed by atoms with Crippen molar-refractivity contribution in [2.75, 3.05) is 13.1 Å². The fraction of sp³-hybridized carbons (Fsp3) is 0.650. The van der Waals surface area contributed by atoms with Crippen molar-refractivity contribution in [2.24, 2.45) is 5.41 Å². The molecule has 0 bridgehead atoms. The largest absolute Gasteiger partial charge is 0.339 e. The van der Waals surface area contributed by atoms with Crippen LogP contribution in [0.3, 0.4) is 0 Å². The molecule has 1 spiro atoms. The average molecular weight is 425 g/mol. The molecule has 0 aromatic carbocycles. The second-order valence-electron chi connectivity index (χ2n) is 8.19. The number of hydrogen-bond donors (Lipinski definition) is 1. The molecule has 1 saturated carbocycles. The summed E-state index contributed by atoms with van der Waals surface area (Å²) >= 11 is 1.69. The zero-order chi connectivity index (χ0) is 18.9. The molecule has 1 unspecified atom stereocenters. The summed E-state index contributed by atoms with van der Waals surface area (Å²) in [4.78, 5) is 19.6. The first-order chi connectivity index (χ1) is 13.1. The highest BCUT2D eigenvalue weighted by Crippen LogP contribution is 2.56. The highest BCUT2D eigenvalue weighted by atomic mass is 35.5. The first-order valence-electron chi connectivity index (χ1n) is 9.91. The Labute approximate surface area is 176 Å². The maximum Gasteiger partial charge on any atom is 0.227 e. The molecule has 6 nitrogen and oxygen atoms in total. The number of aromatic nitrogens is 2. The van der Waals surface area contributed by atoms with Gasteiger partial charge < -0.3 is 14.7 Å². The SMILES string of the molecule is CC(C)c1noc(CCC(=O)N(Cc2ccsc2)C2CC23CCNCC3)n1.Cl. The van der Waals surface area contributed by atoms with E-state index in [1.54, 1.807) is 11.3 Å². The summed E-state index contributed by atoms with van der Waals surface area (Å²) in [6.45, 7) is 6.92. The smallest absolute Gasteiger partial charge is 0.227 e. The summed E-state index contributed by atoms with van der Waals surface area (Å²) in [5.41, 5.74) is 1.57. The number of aryl methyl sites for hydroxylation is 1. The van der Waals surface area contributed by atoms with Crippen LogP contribution in [0.4, 0.5) is 0 Å². The van der Waals surface area contributed by atoms with Gasteiger partial charge in [0.15, 0.2) is 5.82 Å². The van der Waals surface area contributed by atoms with Crippen LogP contribution in [-0.2, 0) is 17.8 Å². The van der Waals surface area contributed by atoms with Crippen LogP contribution in [0.5, 0.6) is 0 Å². The molecular weight excluding hydrogens is 396 g/mol. The molecule has 3 heterocycles. The van der Waals surface area contributed by atoms with E-state index in [0.29, 0.717) is 42.6 Å². The van der Waals surface area contributed by atoms with E-state index in [1.165, 1.54) is 18.4 Å². The third-order valence-electron chi connectivity index (χ3n) is 5.93. The molecule has 0 radical (unpaired) electrons. The second-order valence-corrected chi connectivity index (χ2v) is 8.97. The summed E-state index contributed by atoms with van der Waals surface area (Å²) in [6.07, 6.45) is 4.43. The second kappa shape index (κ2) is 8.93. The Bertz CT molecular complexity index is 771. The Morgan fingerprint density at radius 3 is 2.86 bits per heavy atom. The standard InChI is InChI=1S/C20H28N4O2S.ClH/c1-14(2)19-22-17(26-23-19)3-4-18(25)24(12-15-5-10-27-13-15)16-11-20(16)6-8-21-9-7-20;/h5,10,13-14,16,21H,3-4,6-9,11-12H2,1-2H3;1H. The molecule has 2 fully saturated rings. The normalized spacial score (nSPS) is 20.2. The fourth-order valence-electron chi connectivity index (χ4n) is 4.14. The van der Waals surface area contributed by atoms with Crippen LogP contribution in [0.2, 0.25) is 0 Å². The zero-order valence-corrected chi connectivity index (χ0v) is 18.2. The van der Waals surface area contributed by atoms with Gasteiger partial charge in [-0.25, -0.2) is 0 Å². The molecule has 1 aliphatic heterocycles. The quantitative estimate of drug-likeness (QED) is 0.732. The van der Waals surface area contributed by atoms with Gasteiger partial charge in [-0.05, 0) is 60.2 Å². The molecule has 1 saturated heterocycles. The summed E-state index contributed by atoms with van der Waals surface area (Å²) in [5.74, 6) is 1.71. The highest BCUT2D eigenvalue weighted by Gasteiger charge is 2.57. The van der Waals surface area contributed by atoms with Crippen molar-refractivity contribution in [3.05, 3.63) is 34.1 Å². The number of rotatable bonds is 7. The van der Waals surface area contributed by atoms with Crippen molar-refractivity contribution in [3.8, 4) is 0 Å². The summed E-state index contributed by atoms with van der Waals surface area (Å²) < 4.78 is 5.31. The number of piperidine rings is 1. The van der Waals surface area contributed by atoms with E-state index < -0.39 is 0 Å². The lowest BCUT2D eigenvalue weighted by molar-refractivity contribution is -0.133. The molecule has 8 heteroatoms. The number of halogens is 1. The Hall–Kier alpha value is -1.44. The Balaban J connectivity index is 0.00000225. The number of carbonyl (C=O) groups is 1. The number of nitrogens with one attached hydrogen (secondary N) is 1. The van der Waals surface area contributed by atoms with Crippen LogP contribution in [0.15, 0.2) is 21.3 Å². The number of carbonyl (C=O) groups excluding carboxylic acids is 1. The Kier molecular flexibility index (Phi) is 6.78. The topological polar surface area (TPSA) is 71.3 Å². The maximum absolute atomic E-state index is 13.1. The van der Waals surface area contributed by atoms with Gasteiger partial charge in [-0.15, -0.1) is 12.4 Å².